The van der Waals surface area contributed by atoms with E-state index in [0.717, 1.165) is 10.4 Å². The van der Waals surface area contributed by atoms with Crippen LogP contribution in [0.4, 0.5) is 0 Å². The summed E-state index contributed by atoms with van der Waals surface area (Å²) >= 11 is 1.37. The van der Waals surface area contributed by atoms with Crippen LogP contribution in [0.15, 0.2) is 36.4 Å². The Morgan fingerprint density at radius 3 is 2.56 bits per heavy atom. The van der Waals surface area contributed by atoms with Gasteiger partial charge >= 0.3 is 5.97 Å². The topological polar surface area (TPSA) is 90.6 Å². The predicted molar refractivity (Wildman–Crippen MR) is 101 cm³/mol. The molecule has 1 amide bonds. The molecular formula is C20H20N2O4S. The molecule has 7 heteroatoms. The molecule has 1 saturated heterocycles. The van der Waals surface area contributed by atoms with Crippen molar-refractivity contribution in [3.8, 4) is 11.8 Å². The van der Waals surface area contributed by atoms with Crippen molar-refractivity contribution in [2.75, 3.05) is 13.1 Å². The average Bonchev–Trinajstić information content (AvgIpc) is 3.07. The summed E-state index contributed by atoms with van der Waals surface area (Å²) in [4.78, 5) is 27.4. The lowest BCUT2D eigenvalue weighted by molar-refractivity contribution is -0.147. The molecule has 0 atom stereocenters. The van der Waals surface area contributed by atoms with Gasteiger partial charge in [0.15, 0.2) is 5.41 Å². The fourth-order valence-electron chi connectivity index (χ4n) is 3.09. The number of carbonyl (C=O) groups excluding carboxylic acids is 1. The highest BCUT2D eigenvalue weighted by Crippen LogP contribution is 2.35. The molecule has 0 saturated carbocycles. The lowest BCUT2D eigenvalue weighted by atomic mass is 9.80. The van der Waals surface area contributed by atoms with E-state index >= 15 is 0 Å². The first kappa shape index (κ1) is 18.9. The fraction of sp³-hybridized carbons (Fsp3) is 0.350. The molecule has 1 aliphatic heterocycles. The van der Waals surface area contributed by atoms with Gasteiger partial charge in [-0.1, -0.05) is 30.3 Å². The monoisotopic (exact) mass is 384 g/mol. The van der Waals surface area contributed by atoms with Crippen LogP contribution in [-0.4, -0.2) is 35.0 Å². The third-order valence-corrected chi connectivity index (χ3v) is 5.80. The molecule has 0 unspecified atom stereocenters. The number of hydrogen-bond donors (Lipinski definition) is 1. The number of ether oxygens (including phenoxy) is 1. The molecule has 140 valence electrons. The van der Waals surface area contributed by atoms with E-state index in [9.17, 15) is 20.0 Å². The second-order valence-electron chi connectivity index (χ2n) is 6.62. The molecule has 1 aromatic carbocycles. The van der Waals surface area contributed by atoms with E-state index in [2.05, 4.69) is 0 Å². The van der Waals surface area contributed by atoms with Crippen molar-refractivity contribution in [2.24, 2.45) is 5.41 Å². The molecule has 0 bridgehead atoms. The molecule has 0 radical (unpaired) electrons. The average molecular weight is 384 g/mol. The van der Waals surface area contributed by atoms with E-state index in [1.54, 1.807) is 4.90 Å². The van der Waals surface area contributed by atoms with Crippen LogP contribution in [0.2, 0.25) is 0 Å². The first-order valence-corrected chi connectivity index (χ1v) is 9.48. The molecule has 0 spiro atoms. The Morgan fingerprint density at radius 2 is 1.96 bits per heavy atom. The second kappa shape index (κ2) is 7.80. The van der Waals surface area contributed by atoms with Crippen molar-refractivity contribution < 1.29 is 19.4 Å². The maximum absolute atomic E-state index is 12.9. The van der Waals surface area contributed by atoms with Gasteiger partial charge in [-0.2, -0.15) is 5.26 Å². The Balaban J connectivity index is 1.71. The number of piperidine rings is 1. The molecule has 3 rings (SSSR count). The number of aliphatic carboxylic acids is 1. The molecule has 2 aromatic rings. The Kier molecular flexibility index (Phi) is 5.47. The number of aryl methyl sites for hydroxylation is 1. The maximum Gasteiger partial charge on any atom is 0.324 e. The quantitative estimate of drug-likeness (QED) is 0.852. The summed E-state index contributed by atoms with van der Waals surface area (Å²) < 4.78 is 5.87. The van der Waals surface area contributed by atoms with Gasteiger partial charge in [0.2, 0.25) is 0 Å². The number of nitrogens with zero attached hydrogens (tertiary/aromatic N) is 2. The van der Waals surface area contributed by atoms with Gasteiger partial charge in [0.1, 0.15) is 17.2 Å². The van der Waals surface area contributed by atoms with Crippen molar-refractivity contribution in [1.29, 1.82) is 5.26 Å². The van der Waals surface area contributed by atoms with Gasteiger partial charge in [-0.25, -0.2) is 0 Å². The van der Waals surface area contributed by atoms with Crippen LogP contribution in [0.5, 0.6) is 5.75 Å². The number of carbonyl (C=O) groups is 2. The summed E-state index contributed by atoms with van der Waals surface area (Å²) in [5, 5.41) is 18.5. The zero-order chi connectivity index (χ0) is 19.4. The first-order valence-electron chi connectivity index (χ1n) is 8.66. The Bertz CT molecular complexity index is 877. The van der Waals surface area contributed by atoms with Crippen molar-refractivity contribution in [1.82, 2.24) is 4.90 Å². The molecule has 1 aromatic heterocycles. The smallest absolute Gasteiger partial charge is 0.324 e. The van der Waals surface area contributed by atoms with Gasteiger partial charge in [0, 0.05) is 18.0 Å². The number of nitriles is 1. The van der Waals surface area contributed by atoms with E-state index in [-0.39, 0.29) is 31.8 Å². The lowest BCUT2D eigenvalue weighted by Crippen LogP contribution is -2.45. The molecular weight excluding hydrogens is 364 g/mol. The van der Waals surface area contributed by atoms with E-state index in [4.69, 9.17) is 4.74 Å². The van der Waals surface area contributed by atoms with E-state index < -0.39 is 11.4 Å². The highest BCUT2D eigenvalue weighted by molar-refractivity contribution is 7.14. The minimum Gasteiger partial charge on any atom is -0.487 e. The van der Waals surface area contributed by atoms with Crippen molar-refractivity contribution in [2.45, 2.75) is 26.4 Å². The zero-order valence-corrected chi connectivity index (χ0v) is 15.8. The summed E-state index contributed by atoms with van der Waals surface area (Å²) in [5.41, 5.74) is -0.382. The Hall–Kier alpha value is -2.85. The van der Waals surface area contributed by atoms with E-state index in [0.29, 0.717) is 17.2 Å². The highest BCUT2D eigenvalue weighted by Gasteiger charge is 2.43. The maximum atomic E-state index is 12.9. The molecule has 2 heterocycles. The van der Waals surface area contributed by atoms with Gasteiger partial charge < -0.3 is 14.7 Å². The number of hydrogen-bond acceptors (Lipinski definition) is 5. The molecule has 27 heavy (non-hydrogen) atoms. The molecule has 1 fully saturated rings. The predicted octanol–water partition coefficient (Wildman–Crippen LogP) is 3.47. The zero-order valence-electron chi connectivity index (χ0n) is 15.0. The van der Waals surface area contributed by atoms with Crippen LogP contribution in [0.3, 0.4) is 0 Å². The second-order valence-corrected chi connectivity index (χ2v) is 7.87. The van der Waals surface area contributed by atoms with E-state index in [1.165, 1.54) is 11.3 Å². The van der Waals surface area contributed by atoms with Gasteiger partial charge in [-0.05, 0) is 31.4 Å². The van der Waals surface area contributed by atoms with Gasteiger partial charge in [-0.15, -0.1) is 11.3 Å². The Labute approximate surface area is 161 Å². The number of rotatable bonds is 5. The largest absolute Gasteiger partial charge is 0.487 e. The molecule has 0 aliphatic carbocycles. The Morgan fingerprint density at radius 1 is 1.30 bits per heavy atom. The molecule has 1 aliphatic rings. The number of thiophene rings is 1. The van der Waals surface area contributed by atoms with Crippen molar-refractivity contribution in [3.05, 3.63) is 51.7 Å². The summed E-state index contributed by atoms with van der Waals surface area (Å²) in [5.74, 6) is -0.745. The number of carboxylic acid groups (broad SMARTS) is 1. The number of carboxylic acids is 1. The fourth-order valence-corrected chi connectivity index (χ4v) is 4.01. The third kappa shape index (κ3) is 3.96. The minimum atomic E-state index is -1.39. The van der Waals surface area contributed by atoms with Crippen molar-refractivity contribution in [3.63, 3.8) is 0 Å². The summed E-state index contributed by atoms with van der Waals surface area (Å²) in [6, 6.07) is 13.5. The number of benzene rings is 1. The number of amides is 1. The first-order chi connectivity index (χ1) is 12.9. The summed E-state index contributed by atoms with van der Waals surface area (Å²) in [6.45, 7) is 2.77. The van der Waals surface area contributed by atoms with Gasteiger partial charge in [-0.3, -0.25) is 9.59 Å². The number of likely N-dealkylation sites (tertiary alicyclic amines) is 1. The third-order valence-electron chi connectivity index (χ3n) is 4.78. The normalized spacial score (nSPS) is 15.8. The van der Waals surface area contributed by atoms with Crippen LogP contribution in [0.25, 0.3) is 0 Å². The molecule has 1 N–H and O–H groups in total. The van der Waals surface area contributed by atoms with Crippen LogP contribution in [-0.2, 0) is 11.4 Å². The van der Waals surface area contributed by atoms with Crippen LogP contribution in [0.1, 0.15) is 33.0 Å². The van der Waals surface area contributed by atoms with Crippen LogP contribution >= 0.6 is 11.3 Å². The minimum absolute atomic E-state index is 0.134. The summed E-state index contributed by atoms with van der Waals surface area (Å²) in [7, 11) is 0. The van der Waals surface area contributed by atoms with Gasteiger partial charge in [0.25, 0.3) is 5.91 Å². The SMILES string of the molecule is Cc1cc(OCc2ccccc2)c(C(=O)N2CCC(C#N)(C(=O)O)CC2)s1. The highest BCUT2D eigenvalue weighted by atomic mass is 32.1. The standard InChI is InChI=1S/C20H20N2O4S/c1-14-11-16(26-12-15-5-3-2-4-6-15)17(27-14)18(23)22-9-7-20(13-21,8-10-22)19(24)25/h2-6,11H,7-10,12H2,1H3,(H,24,25). The van der Waals surface area contributed by atoms with Crippen molar-refractivity contribution >= 4 is 23.2 Å². The molecule has 6 nitrogen and oxygen atoms in total. The lowest BCUT2D eigenvalue weighted by Gasteiger charge is -2.34. The van der Waals surface area contributed by atoms with Crippen LogP contribution in [0, 0.1) is 23.7 Å². The van der Waals surface area contributed by atoms with E-state index in [1.807, 2.05) is 49.4 Å². The van der Waals surface area contributed by atoms with Crippen LogP contribution < -0.4 is 4.74 Å². The van der Waals surface area contributed by atoms with Gasteiger partial charge in [0.05, 0.1) is 6.07 Å². The summed E-state index contributed by atoms with van der Waals surface area (Å²) in [6.07, 6.45) is 0.268.